The molecule has 0 aromatic heterocycles. The molecule has 0 spiro atoms. The number of carbonyl (C=O) groups is 3. The van der Waals surface area contributed by atoms with Crippen molar-refractivity contribution in [2.24, 2.45) is 5.14 Å². The fourth-order valence-corrected chi connectivity index (χ4v) is 6.33. The van der Waals surface area contributed by atoms with Gasteiger partial charge in [0.05, 0.1) is 29.9 Å². The van der Waals surface area contributed by atoms with Gasteiger partial charge in [0.2, 0.25) is 26.0 Å². The molecule has 7 N–H and O–H groups in total. The first kappa shape index (κ1) is 34.2. The van der Waals surface area contributed by atoms with E-state index in [1.54, 1.807) is 31.2 Å². The molecule has 2 aromatic carbocycles. The summed E-state index contributed by atoms with van der Waals surface area (Å²) < 4.78 is 56.1. The summed E-state index contributed by atoms with van der Waals surface area (Å²) in [5.41, 5.74) is 1.05. The van der Waals surface area contributed by atoms with Crippen molar-refractivity contribution in [2.75, 3.05) is 17.2 Å². The summed E-state index contributed by atoms with van der Waals surface area (Å²) >= 11 is 5.97. The smallest absolute Gasteiger partial charge is 0.323 e. The molecule has 1 unspecified atom stereocenters. The fraction of sp³-hybridized carbons (Fsp3) is 0.348. The lowest BCUT2D eigenvalue weighted by atomic mass is 10.0. The van der Waals surface area contributed by atoms with Crippen molar-refractivity contribution in [3.63, 3.8) is 0 Å². The molecule has 18 heteroatoms. The van der Waals surface area contributed by atoms with Gasteiger partial charge in [0, 0.05) is 5.69 Å². The second kappa shape index (κ2) is 13.8. The Labute approximate surface area is 247 Å². The molecule has 0 saturated heterocycles. The highest BCUT2D eigenvalue weighted by Gasteiger charge is 2.33. The zero-order chi connectivity index (χ0) is 29.8. The lowest BCUT2D eigenvalue weighted by molar-refractivity contribution is -0.146. The molecule has 3 rings (SSSR count). The van der Waals surface area contributed by atoms with Crippen molar-refractivity contribution < 1.29 is 41.1 Å². The topological polar surface area (TPSA) is 223 Å². The van der Waals surface area contributed by atoms with Crippen LogP contribution in [0.4, 0.5) is 11.4 Å². The zero-order valence-corrected chi connectivity index (χ0v) is 24.9. The number of aliphatic carboxylic acids is 1. The minimum atomic E-state index is -4.28. The highest BCUT2D eigenvalue weighted by Crippen LogP contribution is 2.34. The maximum Gasteiger partial charge on any atom is 0.323 e. The molecule has 0 aliphatic carbocycles. The molecule has 226 valence electrons. The number of esters is 1. The Hall–Kier alpha value is -2.99. The average Bonchev–Trinajstić information content (AvgIpc) is 2.83. The number of rotatable bonds is 11. The third-order valence-corrected chi connectivity index (χ3v) is 8.60. The molecule has 0 saturated carbocycles. The van der Waals surface area contributed by atoms with Gasteiger partial charge in [-0.15, -0.1) is 12.4 Å². The maximum atomic E-state index is 12.7. The number of nitrogens with two attached hydrogens (primary N) is 1. The number of carboxylic acid groups (broad SMARTS) is 1. The number of fused-ring (bicyclic) bond motifs is 1. The summed E-state index contributed by atoms with van der Waals surface area (Å²) in [6.07, 6.45) is -1.27. The molecular weight excluding hydrogens is 625 g/mol. The van der Waals surface area contributed by atoms with Crippen molar-refractivity contribution in [2.45, 2.75) is 54.7 Å². The normalized spacial score (nSPS) is 17.1. The number of primary sulfonamides is 1. The highest BCUT2D eigenvalue weighted by atomic mass is 35.5. The van der Waals surface area contributed by atoms with E-state index in [0.29, 0.717) is 11.3 Å². The predicted molar refractivity (Wildman–Crippen MR) is 152 cm³/mol. The average molecular weight is 655 g/mol. The van der Waals surface area contributed by atoms with Crippen LogP contribution in [0.1, 0.15) is 25.8 Å². The fourth-order valence-electron chi connectivity index (χ4n) is 3.83. The van der Waals surface area contributed by atoms with Gasteiger partial charge in [-0.3, -0.25) is 19.7 Å². The van der Waals surface area contributed by atoms with E-state index in [2.05, 4.69) is 20.7 Å². The quantitative estimate of drug-likeness (QED) is 0.188. The number of amides is 1. The van der Waals surface area contributed by atoms with E-state index in [0.717, 1.165) is 12.1 Å². The first-order valence-corrected chi connectivity index (χ1v) is 15.2. The van der Waals surface area contributed by atoms with Crippen LogP contribution < -0.4 is 25.8 Å². The largest absolute Gasteiger partial charge is 0.480 e. The molecule has 1 amide bonds. The molecule has 0 radical (unpaired) electrons. The van der Waals surface area contributed by atoms with Gasteiger partial charge in [-0.1, -0.05) is 23.7 Å². The standard InChI is InChI=1S/C23H28ClN5O9S2.ClH/c1-3-38-23(33)17(26-12(2)22(31)32)8-13-4-6-14(7-5-13)27-21(30)11-20-28-16-9-15(24)18(39(25,34)35)10-19(16)40(36,37)29-20;/h4-7,9-10,12,17,20,26,28-29H,3,8,11H2,1-2H3,(H,27,30)(H,31,32)(H2,25,34,35);1H/t12?,17-,20-;/m0./s1. The number of carbonyl (C=O) groups excluding carboxylic acids is 2. The number of hydrogen-bond acceptors (Lipinski definition) is 10. The summed E-state index contributed by atoms with van der Waals surface area (Å²) in [6, 6.07) is 6.46. The molecule has 41 heavy (non-hydrogen) atoms. The molecule has 1 aliphatic rings. The van der Waals surface area contributed by atoms with Crippen LogP contribution in [0, 0.1) is 0 Å². The number of ether oxygens (including phenoxy) is 1. The van der Waals surface area contributed by atoms with E-state index in [1.807, 2.05) is 0 Å². The van der Waals surface area contributed by atoms with E-state index < -0.39 is 61.0 Å². The summed E-state index contributed by atoms with van der Waals surface area (Å²) in [4.78, 5) is 35.2. The number of anilines is 2. The van der Waals surface area contributed by atoms with Crippen LogP contribution in [0.25, 0.3) is 0 Å². The van der Waals surface area contributed by atoms with Gasteiger partial charge in [-0.05, 0) is 50.1 Å². The number of hydrogen-bond donors (Lipinski definition) is 6. The van der Waals surface area contributed by atoms with Crippen LogP contribution >= 0.6 is 24.0 Å². The van der Waals surface area contributed by atoms with E-state index in [9.17, 15) is 31.2 Å². The SMILES string of the molecule is CCOC(=O)[C@H](Cc1ccc(NC(=O)C[C@H]2Nc3cc(Cl)c(S(N)(=O)=O)cc3S(=O)(=O)N2)cc1)NC(C)C(=O)O.Cl. The third kappa shape index (κ3) is 9.00. The van der Waals surface area contributed by atoms with Crippen molar-refractivity contribution in [1.82, 2.24) is 10.0 Å². The second-order valence-electron chi connectivity index (χ2n) is 8.83. The van der Waals surface area contributed by atoms with Gasteiger partial charge in [-0.25, -0.2) is 22.0 Å². The minimum absolute atomic E-state index is 0. The molecule has 1 heterocycles. The van der Waals surface area contributed by atoms with Gasteiger partial charge in [0.25, 0.3) is 0 Å². The summed E-state index contributed by atoms with van der Waals surface area (Å²) in [5, 5.41) is 22.1. The van der Waals surface area contributed by atoms with Gasteiger partial charge >= 0.3 is 11.9 Å². The van der Waals surface area contributed by atoms with E-state index in [1.165, 1.54) is 6.92 Å². The minimum Gasteiger partial charge on any atom is -0.480 e. The predicted octanol–water partition coefficient (Wildman–Crippen LogP) is 1.00. The van der Waals surface area contributed by atoms with E-state index in [-0.39, 0.29) is 47.5 Å². The Balaban J connectivity index is 0.00000588. The van der Waals surface area contributed by atoms with Crippen molar-refractivity contribution in [3.8, 4) is 0 Å². The first-order valence-electron chi connectivity index (χ1n) is 11.8. The molecule has 0 fully saturated rings. The number of nitrogens with one attached hydrogen (secondary N) is 4. The highest BCUT2D eigenvalue weighted by molar-refractivity contribution is 7.90. The van der Waals surface area contributed by atoms with E-state index >= 15 is 0 Å². The van der Waals surface area contributed by atoms with Crippen LogP contribution in [0.3, 0.4) is 0 Å². The Morgan fingerprint density at radius 2 is 1.83 bits per heavy atom. The molecule has 2 aromatic rings. The van der Waals surface area contributed by atoms with Crippen molar-refractivity contribution in [1.29, 1.82) is 0 Å². The Morgan fingerprint density at radius 1 is 1.20 bits per heavy atom. The van der Waals surface area contributed by atoms with Crippen LogP contribution in [0.15, 0.2) is 46.2 Å². The van der Waals surface area contributed by atoms with Gasteiger partial charge in [0.1, 0.15) is 21.9 Å². The molecular formula is C23H29Cl2N5O9S2. The second-order valence-corrected chi connectivity index (χ2v) is 12.4. The molecule has 1 aliphatic heterocycles. The van der Waals surface area contributed by atoms with Gasteiger partial charge < -0.3 is 20.5 Å². The summed E-state index contributed by atoms with van der Waals surface area (Å²) in [5.74, 6) is -2.27. The lowest BCUT2D eigenvalue weighted by Crippen LogP contribution is -2.47. The summed E-state index contributed by atoms with van der Waals surface area (Å²) in [6.45, 7) is 3.17. The number of sulfonamides is 2. The van der Waals surface area contributed by atoms with Crippen LogP contribution in [-0.4, -0.2) is 64.6 Å². The summed E-state index contributed by atoms with van der Waals surface area (Å²) in [7, 11) is -8.48. The van der Waals surface area contributed by atoms with Crippen LogP contribution in [-0.2, 0) is 45.6 Å². The Bertz CT molecular complexity index is 1520. The number of benzene rings is 2. The van der Waals surface area contributed by atoms with Gasteiger partial charge in [-0.2, -0.15) is 4.72 Å². The molecule has 0 bridgehead atoms. The zero-order valence-electron chi connectivity index (χ0n) is 21.7. The van der Waals surface area contributed by atoms with E-state index in [4.69, 9.17) is 26.6 Å². The molecule has 14 nitrogen and oxygen atoms in total. The Morgan fingerprint density at radius 3 is 2.39 bits per heavy atom. The van der Waals surface area contributed by atoms with Crippen molar-refractivity contribution >= 4 is 73.3 Å². The number of carboxylic acids is 1. The van der Waals surface area contributed by atoms with Crippen LogP contribution in [0.2, 0.25) is 5.02 Å². The Kier molecular flexibility index (Phi) is 11.5. The monoisotopic (exact) mass is 653 g/mol. The van der Waals surface area contributed by atoms with Gasteiger partial charge in [0.15, 0.2) is 0 Å². The van der Waals surface area contributed by atoms with Crippen LogP contribution in [0.5, 0.6) is 0 Å². The van der Waals surface area contributed by atoms with Crippen molar-refractivity contribution in [3.05, 3.63) is 47.0 Å². The molecule has 3 atom stereocenters. The first-order chi connectivity index (χ1) is 18.6. The number of halogens is 2. The third-order valence-electron chi connectivity index (χ3n) is 5.72. The maximum absolute atomic E-state index is 12.7. The lowest BCUT2D eigenvalue weighted by Gasteiger charge is -2.28.